The van der Waals surface area contributed by atoms with Gasteiger partial charge >= 0.3 is 6.03 Å². The molecule has 0 bridgehead atoms. The van der Waals surface area contributed by atoms with E-state index in [0.29, 0.717) is 17.8 Å². The van der Waals surface area contributed by atoms with E-state index in [4.69, 9.17) is 0 Å². The number of benzene rings is 3. The molecule has 0 radical (unpaired) electrons. The van der Waals surface area contributed by atoms with E-state index >= 15 is 0 Å². The second-order valence-corrected chi connectivity index (χ2v) is 6.65. The third-order valence-corrected chi connectivity index (χ3v) is 4.30. The quantitative estimate of drug-likeness (QED) is 0.597. The van der Waals surface area contributed by atoms with Crippen molar-refractivity contribution in [2.45, 2.75) is 20.4 Å². The van der Waals surface area contributed by atoms with Gasteiger partial charge in [0.2, 0.25) is 0 Å². The SMILES string of the molecule is Cc1cccc(NC(=O)Nc2cccc(CNC(=O)c3ccccc3C)c2)c1. The maximum atomic E-state index is 12.3. The first kappa shape index (κ1) is 19.2. The number of urea groups is 1. The van der Waals surface area contributed by atoms with Crippen molar-refractivity contribution in [2.24, 2.45) is 0 Å². The fraction of sp³-hybridized carbons (Fsp3) is 0.130. The first-order chi connectivity index (χ1) is 13.5. The summed E-state index contributed by atoms with van der Waals surface area (Å²) in [6.07, 6.45) is 0. The lowest BCUT2D eigenvalue weighted by atomic mass is 10.1. The van der Waals surface area contributed by atoms with Crippen molar-refractivity contribution in [1.82, 2.24) is 5.32 Å². The van der Waals surface area contributed by atoms with Crippen LogP contribution in [0.3, 0.4) is 0 Å². The molecule has 3 N–H and O–H groups in total. The van der Waals surface area contributed by atoms with E-state index in [1.165, 1.54) is 0 Å². The predicted molar refractivity (Wildman–Crippen MR) is 113 cm³/mol. The smallest absolute Gasteiger partial charge is 0.323 e. The van der Waals surface area contributed by atoms with Gasteiger partial charge in [0.25, 0.3) is 5.91 Å². The van der Waals surface area contributed by atoms with E-state index < -0.39 is 0 Å². The minimum atomic E-state index is -0.313. The number of amides is 3. The molecule has 0 aromatic heterocycles. The van der Waals surface area contributed by atoms with Gasteiger partial charge in [-0.1, -0.05) is 42.5 Å². The van der Waals surface area contributed by atoms with Gasteiger partial charge in [0.1, 0.15) is 0 Å². The number of hydrogen-bond donors (Lipinski definition) is 3. The van der Waals surface area contributed by atoms with Gasteiger partial charge in [-0.25, -0.2) is 4.79 Å². The first-order valence-electron chi connectivity index (χ1n) is 9.09. The van der Waals surface area contributed by atoms with Crippen LogP contribution in [0.4, 0.5) is 16.2 Å². The molecule has 0 aliphatic carbocycles. The Hall–Kier alpha value is -3.60. The molecule has 0 heterocycles. The molecule has 0 saturated heterocycles. The molecule has 142 valence electrons. The average molecular weight is 373 g/mol. The molecule has 0 saturated carbocycles. The molecule has 3 rings (SSSR count). The Morgan fingerprint density at radius 3 is 2.18 bits per heavy atom. The van der Waals surface area contributed by atoms with E-state index in [1.54, 1.807) is 6.07 Å². The molecule has 0 aliphatic heterocycles. The summed E-state index contributed by atoms with van der Waals surface area (Å²) in [6, 6.07) is 22.1. The topological polar surface area (TPSA) is 70.2 Å². The summed E-state index contributed by atoms with van der Waals surface area (Å²) in [5, 5.41) is 8.54. The van der Waals surface area contributed by atoms with Crippen LogP contribution in [0, 0.1) is 13.8 Å². The molecule has 3 aromatic carbocycles. The van der Waals surface area contributed by atoms with Crippen LogP contribution in [0.15, 0.2) is 72.8 Å². The molecule has 0 spiro atoms. The molecule has 5 nitrogen and oxygen atoms in total. The van der Waals surface area contributed by atoms with E-state index in [9.17, 15) is 9.59 Å². The summed E-state index contributed by atoms with van der Waals surface area (Å²) in [4.78, 5) is 24.5. The Kier molecular flexibility index (Phi) is 6.07. The Labute approximate surface area is 164 Å². The molecule has 28 heavy (non-hydrogen) atoms. The zero-order chi connectivity index (χ0) is 19.9. The normalized spacial score (nSPS) is 10.2. The molecule has 0 fully saturated rings. The summed E-state index contributed by atoms with van der Waals surface area (Å²) in [5.74, 6) is -0.117. The molecular formula is C23H23N3O2. The maximum absolute atomic E-state index is 12.3. The fourth-order valence-corrected chi connectivity index (χ4v) is 2.88. The largest absolute Gasteiger partial charge is 0.348 e. The maximum Gasteiger partial charge on any atom is 0.323 e. The zero-order valence-electron chi connectivity index (χ0n) is 16.0. The van der Waals surface area contributed by atoms with Gasteiger partial charge in [-0.15, -0.1) is 0 Å². The highest BCUT2D eigenvalue weighted by Crippen LogP contribution is 2.14. The van der Waals surface area contributed by atoms with Gasteiger partial charge in [-0.3, -0.25) is 4.79 Å². The number of hydrogen-bond acceptors (Lipinski definition) is 2. The first-order valence-corrected chi connectivity index (χ1v) is 9.09. The summed E-state index contributed by atoms with van der Waals surface area (Å²) < 4.78 is 0. The average Bonchev–Trinajstić information content (AvgIpc) is 2.67. The Morgan fingerprint density at radius 2 is 1.46 bits per heavy atom. The van der Waals surface area contributed by atoms with Crippen LogP contribution in [0.5, 0.6) is 0 Å². The van der Waals surface area contributed by atoms with Crippen LogP contribution in [0.25, 0.3) is 0 Å². The summed E-state index contributed by atoms with van der Waals surface area (Å²) in [6.45, 7) is 4.26. The minimum Gasteiger partial charge on any atom is -0.348 e. The number of nitrogens with one attached hydrogen (secondary N) is 3. The van der Waals surface area contributed by atoms with Crippen molar-refractivity contribution in [1.29, 1.82) is 0 Å². The number of anilines is 2. The molecule has 0 atom stereocenters. The Balaban J connectivity index is 1.58. The number of carbonyl (C=O) groups excluding carboxylic acids is 2. The van der Waals surface area contributed by atoms with Crippen LogP contribution >= 0.6 is 0 Å². The second-order valence-electron chi connectivity index (χ2n) is 6.65. The van der Waals surface area contributed by atoms with Crippen LogP contribution in [0.2, 0.25) is 0 Å². The van der Waals surface area contributed by atoms with Gasteiger partial charge < -0.3 is 16.0 Å². The number of carbonyl (C=O) groups is 2. The molecule has 0 unspecified atom stereocenters. The number of rotatable bonds is 5. The molecule has 3 aromatic rings. The van der Waals surface area contributed by atoms with E-state index in [-0.39, 0.29) is 11.9 Å². The number of aryl methyl sites for hydroxylation is 2. The van der Waals surface area contributed by atoms with Crippen LogP contribution in [-0.4, -0.2) is 11.9 Å². The van der Waals surface area contributed by atoms with Gasteiger partial charge in [-0.2, -0.15) is 0 Å². The van der Waals surface area contributed by atoms with E-state index in [0.717, 1.165) is 22.4 Å². The summed E-state index contributed by atoms with van der Waals surface area (Å²) in [7, 11) is 0. The third kappa shape index (κ3) is 5.20. The zero-order valence-corrected chi connectivity index (χ0v) is 16.0. The highest BCUT2D eigenvalue weighted by atomic mass is 16.2. The minimum absolute atomic E-state index is 0.117. The van der Waals surface area contributed by atoms with Crippen LogP contribution in [-0.2, 0) is 6.54 Å². The van der Waals surface area contributed by atoms with Crippen molar-refractivity contribution in [3.05, 3.63) is 95.1 Å². The van der Waals surface area contributed by atoms with Crippen molar-refractivity contribution in [3.8, 4) is 0 Å². The van der Waals surface area contributed by atoms with Gasteiger partial charge in [0.15, 0.2) is 0 Å². The Morgan fingerprint density at radius 1 is 0.786 bits per heavy atom. The second kappa shape index (κ2) is 8.86. The lowest BCUT2D eigenvalue weighted by molar-refractivity contribution is 0.0950. The van der Waals surface area contributed by atoms with Crippen molar-refractivity contribution in [3.63, 3.8) is 0 Å². The highest BCUT2D eigenvalue weighted by Gasteiger charge is 2.08. The third-order valence-electron chi connectivity index (χ3n) is 4.30. The van der Waals surface area contributed by atoms with Crippen LogP contribution in [0.1, 0.15) is 27.0 Å². The monoisotopic (exact) mass is 373 g/mol. The van der Waals surface area contributed by atoms with Gasteiger partial charge in [0, 0.05) is 23.5 Å². The van der Waals surface area contributed by atoms with Crippen LogP contribution < -0.4 is 16.0 Å². The summed E-state index contributed by atoms with van der Waals surface area (Å²) >= 11 is 0. The van der Waals surface area contributed by atoms with Crippen molar-refractivity contribution in [2.75, 3.05) is 10.6 Å². The lowest BCUT2D eigenvalue weighted by Crippen LogP contribution is -2.24. The van der Waals surface area contributed by atoms with E-state index in [1.807, 2.05) is 80.6 Å². The lowest BCUT2D eigenvalue weighted by Gasteiger charge is -2.11. The summed E-state index contributed by atoms with van der Waals surface area (Å²) in [5.41, 5.74) is 4.96. The van der Waals surface area contributed by atoms with E-state index in [2.05, 4.69) is 16.0 Å². The van der Waals surface area contributed by atoms with Crippen molar-refractivity contribution < 1.29 is 9.59 Å². The van der Waals surface area contributed by atoms with Crippen molar-refractivity contribution >= 4 is 23.3 Å². The highest BCUT2D eigenvalue weighted by molar-refractivity contribution is 5.99. The van der Waals surface area contributed by atoms with Gasteiger partial charge in [-0.05, 0) is 60.9 Å². The fourth-order valence-electron chi connectivity index (χ4n) is 2.88. The van der Waals surface area contributed by atoms with Gasteiger partial charge in [0.05, 0.1) is 0 Å². The predicted octanol–water partition coefficient (Wildman–Crippen LogP) is 4.88. The standard InChI is InChI=1S/C23H23N3O2/c1-16-7-5-10-19(13-16)25-23(28)26-20-11-6-9-18(14-20)15-24-22(27)21-12-4-3-8-17(21)2/h3-14H,15H2,1-2H3,(H,24,27)(H2,25,26,28). The molecule has 0 aliphatic rings. The molecule has 3 amide bonds. The Bertz CT molecular complexity index is 998. The molecule has 5 heteroatoms. The molecular weight excluding hydrogens is 350 g/mol.